The fraction of sp³-hybridized carbons (Fsp3) is 0.140. The van der Waals surface area contributed by atoms with Crippen LogP contribution in [0, 0.1) is 6.92 Å². The van der Waals surface area contributed by atoms with Gasteiger partial charge in [-0.15, -0.1) is 0 Å². The fourth-order valence-corrected chi connectivity index (χ4v) is 5.87. The molecule has 1 heterocycles. The van der Waals surface area contributed by atoms with Crippen molar-refractivity contribution in [3.8, 4) is 39.6 Å². The quantitative estimate of drug-likeness (QED) is 0.122. The minimum absolute atomic E-state index is 0.0278. The Kier molecular flexibility index (Phi) is 11.0. The lowest BCUT2D eigenvalue weighted by molar-refractivity contribution is -0.138. The zero-order valence-corrected chi connectivity index (χ0v) is 29.5. The molecule has 0 saturated carbocycles. The Morgan fingerprint density at radius 3 is 2.07 bits per heavy atom. The zero-order chi connectivity index (χ0) is 38.4. The second-order valence-corrected chi connectivity index (χ2v) is 12.7. The van der Waals surface area contributed by atoms with E-state index in [1.165, 1.54) is 54.0 Å². The van der Waals surface area contributed by atoms with Crippen molar-refractivity contribution in [2.24, 2.45) is 0 Å². The average Bonchev–Trinajstić information content (AvgIpc) is 3.65. The summed E-state index contributed by atoms with van der Waals surface area (Å²) in [4.78, 5) is 32.3. The minimum atomic E-state index is -4.67. The molecule has 0 bridgehead atoms. The van der Waals surface area contributed by atoms with E-state index in [1.54, 1.807) is 6.26 Å². The van der Waals surface area contributed by atoms with E-state index < -0.39 is 30.0 Å². The van der Waals surface area contributed by atoms with Crippen molar-refractivity contribution in [1.29, 1.82) is 0 Å². The summed E-state index contributed by atoms with van der Waals surface area (Å²) in [6, 6.07) is 33.1. The summed E-state index contributed by atoms with van der Waals surface area (Å²) in [5.74, 6) is -0.764. The van der Waals surface area contributed by atoms with Crippen LogP contribution in [-0.2, 0) is 23.9 Å². The van der Waals surface area contributed by atoms with E-state index in [-0.39, 0.29) is 35.7 Å². The molecular formula is C43H36F3N3O5. The van der Waals surface area contributed by atoms with Crippen LogP contribution >= 0.6 is 0 Å². The largest absolute Gasteiger partial charge is 0.511 e. The number of carbonyl (C=O) groups is 2. The molecule has 2 amide bonds. The maximum atomic E-state index is 13.6. The first-order valence-corrected chi connectivity index (χ1v) is 16.9. The molecule has 0 aliphatic heterocycles. The van der Waals surface area contributed by atoms with Gasteiger partial charge in [0.25, 0.3) is 5.91 Å². The number of alkyl halides is 3. The molecule has 0 aliphatic carbocycles. The third kappa shape index (κ3) is 9.05. The number of benzene rings is 5. The molecular weight excluding hydrogens is 695 g/mol. The van der Waals surface area contributed by atoms with Gasteiger partial charge in [-0.2, -0.15) is 13.2 Å². The normalized spacial score (nSPS) is 11.2. The van der Waals surface area contributed by atoms with Crippen molar-refractivity contribution in [1.82, 2.24) is 9.88 Å². The molecule has 1 aromatic heterocycles. The maximum Gasteiger partial charge on any atom is 0.416 e. The molecule has 0 aliphatic rings. The van der Waals surface area contributed by atoms with Crippen molar-refractivity contribution in [2.45, 2.75) is 26.1 Å². The number of anilines is 1. The highest BCUT2D eigenvalue weighted by atomic mass is 19.4. The molecule has 0 atom stereocenters. The highest BCUT2D eigenvalue weighted by Gasteiger charge is 2.34. The lowest BCUT2D eigenvalue weighted by atomic mass is 10.0. The molecule has 11 heteroatoms. The molecule has 0 fully saturated rings. The molecule has 0 spiro atoms. The topological polar surface area (TPSA) is 105 Å². The van der Waals surface area contributed by atoms with Gasteiger partial charge in [-0.25, -0.2) is 4.98 Å². The first-order chi connectivity index (χ1) is 25.9. The molecule has 0 unspecified atom stereocenters. The number of ether oxygens (including phenoxy) is 1. The van der Waals surface area contributed by atoms with Crippen LogP contribution in [0.3, 0.4) is 0 Å². The van der Waals surface area contributed by atoms with E-state index in [9.17, 15) is 27.9 Å². The Morgan fingerprint density at radius 2 is 1.46 bits per heavy atom. The van der Waals surface area contributed by atoms with Gasteiger partial charge in [0.05, 0.1) is 25.6 Å². The first-order valence-electron chi connectivity index (χ1n) is 16.9. The van der Waals surface area contributed by atoms with Gasteiger partial charge in [0.1, 0.15) is 23.5 Å². The number of aromatic nitrogens is 1. The molecule has 6 aromatic rings. The van der Waals surface area contributed by atoms with E-state index >= 15 is 0 Å². The number of amides is 2. The Labute approximate surface area is 310 Å². The monoisotopic (exact) mass is 731 g/mol. The van der Waals surface area contributed by atoms with Gasteiger partial charge in [-0.3, -0.25) is 9.59 Å². The van der Waals surface area contributed by atoms with E-state index in [4.69, 9.17) is 9.15 Å². The van der Waals surface area contributed by atoms with Crippen LogP contribution in [0.5, 0.6) is 5.75 Å². The van der Waals surface area contributed by atoms with Crippen molar-refractivity contribution < 1.29 is 37.0 Å². The SMILES string of the molecule is C=C(O)CN(Cc1ccc(-c2coc(-c3ccc(-c4ccc(C)cc4)cc3)n2)cc1)C(=O)c1ccc(NC(=O)Cc2ccc(OC)cc2C(F)(F)F)cc1. The van der Waals surface area contributed by atoms with Gasteiger partial charge >= 0.3 is 6.18 Å². The number of aliphatic hydroxyl groups excluding tert-OH is 1. The molecule has 0 saturated heterocycles. The third-order valence-electron chi connectivity index (χ3n) is 8.69. The van der Waals surface area contributed by atoms with E-state index in [2.05, 4.69) is 48.1 Å². The van der Waals surface area contributed by atoms with Crippen LogP contribution in [0.25, 0.3) is 33.8 Å². The standard InChI is InChI=1S/C43H36F3N3O5/c1-27-4-8-30(9-5-27)31-12-14-33(15-13-31)41-48-39(26-54-41)32-10-6-29(7-11-32)25-49(24-28(2)50)42(52)34-16-19-36(20-17-34)47-40(51)22-35-18-21-37(53-3)23-38(35)43(44,45)46/h4-21,23,26,50H,2,22,24-25H2,1,3H3,(H,47,51). The number of carbonyl (C=O) groups excluding carboxylic acids is 2. The number of hydrogen-bond donors (Lipinski definition) is 2. The molecule has 274 valence electrons. The number of rotatable bonds is 12. The van der Waals surface area contributed by atoms with Gasteiger partial charge < -0.3 is 24.5 Å². The molecule has 5 aromatic carbocycles. The molecule has 2 N–H and O–H groups in total. The zero-order valence-electron chi connectivity index (χ0n) is 29.5. The number of hydrogen-bond acceptors (Lipinski definition) is 6. The number of nitrogens with one attached hydrogen (secondary N) is 1. The summed E-state index contributed by atoms with van der Waals surface area (Å²) in [7, 11) is 1.26. The second-order valence-electron chi connectivity index (χ2n) is 12.7. The predicted octanol–water partition coefficient (Wildman–Crippen LogP) is 9.91. The number of methoxy groups -OCH3 is 1. The Bertz CT molecular complexity index is 2260. The number of aliphatic hydroxyl groups is 1. The highest BCUT2D eigenvalue weighted by Crippen LogP contribution is 2.35. The minimum Gasteiger partial charge on any atom is -0.511 e. The van der Waals surface area contributed by atoms with Crippen LogP contribution in [0.1, 0.15) is 32.6 Å². The van der Waals surface area contributed by atoms with Crippen molar-refractivity contribution >= 4 is 17.5 Å². The van der Waals surface area contributed by atoms with Crippen LogP contribution < -0.4 is 10.1 Å². The highest BCUT2D eigenvalue weighted by molar-refractivity contribution is 5.96. The van der Waals surface area contributed by atoms with Crippen LogP contribution in [-0.4, -0.2) is 40.5 Å². The summed E-state index contributed by atoms with van der Waals surface area (Å²) < 4.78 is 51.5. The average molecular weight is 732 g/mol. The number of halogens is 3. The Morgan fingerprint density at radius 1 is 0.852 bits per heavy atom. The number of aryl methyl sites for hydroxylation is 1. The van der Waals surface area contributed by atoms with Gasteiger partial charge in [-0.05, 0) is 77.7 Å². The van der Waals surface area contributed by atoms with E-state index in [0.717, 1.165) is 33.9 Å². The Balaban J connectivity index is 1.09. The lowest BCUT2D eigenvalue weighted by Crippen LogP contribution is -2.32. The number of nitrogens with zero attached hydrogens (tertiary/aromatic N) is 2. The van der Waals surface area contributed by atoms with Gasteiger partial charge in [0.2, 0.25) is 11.8 Å². The smallest absolute Gasteiger partial charge is 0.416 e. The Hall–Kier alpha value is -6.62. The third-order valence-corrected chi connectivity index (χ3v) is 8.69. The van der Waals surface area contributed by atoms with Crippen LogP contribution in [0.2, 0.25) is 0 Å². The summed E-state index contributed by atoms with van der Waals surface area (Å²) in [6.07, 6.45) is -3.60. The molecule has 54 heavy (non-hydrogen) atoms. The second kappa shape index (κ2) is 16.0. The van der Waals surface area contributed by atoms with Crippen LogP contribution in [0.15, 0.2) is 138 Å². The van der Waals surface area contributed by atoms with Crippen molar-refractivity contribution in [3.63, 3.8) is 0 Å². The lowest BCUT2D eigenvalue weighted by Gasteiger charge is -2.22. The molecule has 6 rings (SSSR count). The summed E-state index contributed by atoms with van der Waals surface area (Å²) in [5, 5.41) is 12.6. The fourth-order valence-electron chi connectivity index (χ4n) is 5.87. The first kappa shape index (κ1) is 37.1. The van der Waals surface area contributed by atoms with Crippen molar-refractivity contribution in [3.05, 3.63) is 162 Å². The molecule has 0 radical (unpaired) electrons. The maximum absolute atomic E-state index is 13.6. The summed E-state index contributed by atoms with van der Waals surface area (Å²) >= 11 is 0. The van der Waals surface area contributed by atoms with Gasteiger partial charge in [-0.1, -0.05) is 78.9 Å². The van der Waals surface area contributed by atoms with Crippen LogP contribution in [0.4, 0.5) is 18.9 Å². The predicted molar refractivity (Wildman–Crippen MR) is 201 cm³/mol. The summed E-state index contributed by atoms with van der Waals surface area (Å²) in [6.45, 7) is 5.63. The van der Waals surface area contributed by atoms with E-state index in [1.807, 2.05) is 48.5 Å². The van der Waals surface area contributed by atoms with Gasteiger partial charge in [0.15, 0.2) is 0 Å². The molecule has 8 nitrogen and oxygen atoms in total. The van der Waals surface area contributed by atoms with E-state index in [0.29, 0.717) is 17.3 Å². The number of oxazole rings is 1. The van der Waals surface area contributed by atoms with Gasteiger partial charge in [0, 0.05) is 28.9 Å². The summed E-state index contributed by atoms with van der Waals surface area (Å²) in [5.41, 5.74) is 5.90. The van der Waals surface area contributed by atoms with Crippen molar-refractivity contribution in [2.75, 3.05) is 19.0 Å².